The Morgan fingerprint density at radius 1 is 1.05 bits per heavy atom. The molecule has 0 N–H and O–H groups in total. The van der Waals surface area contributed by atoms with Gasteiger partial charge in [-0.15, -0.1) is 0 Å². The van der Waals surface area contributed by atoms with Crippen LogP contribution in [0.3, 0.4) is 0 Å². The minimum Gasteiger partial charge on any atom is -0.424 e. The summed E-state index contributed by atoms with van der Waals surface area (Å²) in [5.74, 6) is -1.15. The number of carbonyl (C=O) groups is 1. The lowest BCUT2D eigenvalue weighted by atomic mass is 10.1. The van der Waals surface area contributed by atoms with E-state index in [0.29, 0.717) is 6.42 Å². The van der Waals surface area contributed by atoms with Gasteiger partial charge in [0.15, 0.2) is 0 Å². The van der Waals surface area contributed by atoms with Crippen LogP contribution in [0.25, 0.3) is 0 Å². The summed E-state index contributed by atoms with van der Waals surface area (Å²) in [6.07, 6.45) is 0.0791. The smallest absolute Gasteiger partial charge is 0.333 e. The number of ether oxygens (including phenoxy) is 1. The van der Waals surface area contributed by atoms with Gasteiger partial charge >= 0.3 is 5.97 Å². The summed E-state index contributed by atoms with van der Waals surface area (Å²) in [6.45, 7) is 2.13. The highest BCUT2D eigenvalue weighted by Gasteiger charge is 2.32. The summed E-state index contributed by atoms with van der Waals surface area (Å²) in [7, 11) is 0. The van der Waals surface area contributed by atoms with Crippen LogP contribution in [0.4, 0.5) is 17.6 Å². The third kappa shape index (κ3) is 9.81. The van der Waals surface area contributed by atoms with Crippen molar-refractivity contribution >= 4 is 5.97 Å². The number of hydrogen-bond acceptors (Lipinski definition) is 2. The summed E-state index contributed by atoms with van der Waals surface area (Å²) in [4.78, 5) is 11.0. The lowest BCUT2D eigenvalue weighted by Gasteiger charge is -2.11. The molecule has 0 fully saturated rings. The minimum atomic E-state index is -3.51. The molecule has 0 heterocycles. The molecular formula is C14H22F4O2. The molecule has 2 unspecified atom stereocenters. The highest BCUT2D eigenvalue weighted by Crippen LogP contribution is 2.14. The van der Waals surface area contributed by atoms with Crippen LogP contribution in [-0.2, 0) is 9.53 Å². The van der Waals surface area contributed by atoms with Crippen LogP contribution in [0.15, 0.2) is 12.2 Å². The molecular weight excluding hydrogens is 276 g/mol. The minimum absolute atomic E-state index is 0.617. The Balaban J connectivity index is 3.67. The van der Waals surface area contributed by atoms with Gasteiger partial charge in [-0.25, -0.2) is 18.0 Å². The van der Waals surface area contributed by atoms with E-state index in [-0.39, 0.29) is 0 Å². The summed E-state index contributed by atoms with van der Waals surface area (Å²) in [6, 6.07) is 0. The maximum absolute atomic E-state index is 12.7. The molecule has 2 nitrogen and oxygen atoms in total. The monoisotopic (exact) mass is 298 g/mol. The molecule has 0 aliphatic carbocycles. The van der Waals surface area contributed by atoms with Crippen molar-refractivity contribution in [2.75, 3.05) is 0 Å². The SMILES string of the molecule is CCCCCCCCC=CC(=O)OC(F)C(F)C(F)F. The first-order chi connectivity index (χ1) is 9.49. The lowest BCUT2D eigenvalue weighted by Crippen LogP contribution is -2.29. The quantitative estimate of drug-likeness (QED) is 0.238. The average molecular weight is 298 g/mol. The Kier molecular flexibility index (Phi) is 11.1. The van der Waals surface area contributed by atoms with E-state index in [4.69, 9.17) is 0 Å². The molecule has 0 aliphatic heterocycles. The zero-order chi connectivity index (χ0) is 15.4. The first-order valence-corrected chi connectivity index (χ1v) is 6.92. The Morgan fingerprint density at radius 3 is 2.25 bits per heavy atom. The van der Waals surface area contributed by atoms with E-state index >= 15 is 0 Å². The van der Waals surface area contributed by atoms with Crippen molar-refractivity contribution in [3.63, 3.8) is 0 Å². The van der Waals surface area contributed by atoms with Gasteiger partial charge in [-0.05, 0) is 12.8 Å². The number of rotatable bonds is 11. The number of carbonyl (C=O) groups excluding carboxylic acids is 1. The van der Waals surface area contributed by atoms with E-state index in [9.17, 15) is 22.4 Å². The van der Waals surface area contributed by atoms with Gasteiger partial charge in [0.25, 0.3) is 12.8 Å². The van der Waals surface area contributed by atoms with Crippen molar-refractivity contribution in [1.29, 1.82) is 0 Å². The predicted molar refractivity (Wildman–Crippen MR) is 69.0 cm³/mol. The Morgan fingerprint density at radius 2 is 1.65 bits per heavy atom. The van der Waals surface area contributed by atoms with Crippen molar-refractivity contribution in [2.45, 2.75) is 70.8 Å². The molecule has 0 spiro atoms. The van der Waals surface area contributed by atoms with Crippen LogP contribution in [-0.4, -0.2) is 24.9 Å². The number of esters is 1. The van der Waals surface area contributed by atoms with Crippen molar-refractivity contribution in [1.82, 2.24) is 0 Å². The van der Waals surface area contributed by atoms with Crippen molar-refractivity contribution < 1.29 is 27.1 Å². The van der Waals surface area contributed by atoms with Crippen LogP contribution in [0, 0.1) is 0 Å². The van der Waals surface area contributed by atoms with Gasteiger partial charge in [0.05, 0.1) is 0 Å². The predicted octanol–water partition coefficient (Wildman–Crippen LogP) is 4.74. The maximum Gasteiger partial charge on any atom is 0.333 e. The third-order valence-corrected chi connectivity index (χ3v) is 2.70. The second-order valence-corrected chi connectivity index (χ2v) is 4.53. The van der Waals surface area contributed by atoms with Gasteiger partial charge < -0.3 is 4.74 Å². The number of unbranched alkanes of at least 4 members (excludes halogenated alkanes) is 6. The zero-order valence-corrected chi connectivity index (χ0v) is 11.7. The van der Waals surface area contributed by atoms with E-state index in [1.165, 1.54) is 25.3 Å². The average Bonchev–Trinajstić information content (AvgIpc) is 2.40. The number of allylic oxidation sites excluding steroid dienone is 1. The van der Waals surface area contributed by atoms with Gasteiger partial charge in [-0.2, -0.15) is 4.39 Å². The van der Waals surface area contributed by atoms with Gasteiger partial charge in [0, 0.05) is 6.08 Å². The zero-order valence-electron chi connectivity index (χ0n) is 11.7. The summed E-state index contributed by atoms with van der Waals surface area (Å²) in [5, 5.41) is 0. The van der Waals surface area contributed by atoms with Crippen LogP contribution >= 0.6 is 0 Å². The van der Waals surface area contributed by atoms with Crippen molar-refractivity contribution in [2.24, 2.45) is 0 Å². The molecule has 0 saturated carbocycles. The molecule has 118 valence electrons. The van der Waals surface area contributed by atoms with Gasteiger partial charge in [0.2, 0.25) is 6.17 Å². The highest BCUT2D eigenvalue weighted by atomic mass is 19.3. The van der Waals surface area contributed by atoms with E-state index in [1.54, 1.807) is 0 Å². The lowest BCUT2D eigenvalue weighted by molar-refractivity contribution is -0.166. The molecule has 0 aromatic carbocycles. The van der Waals surface area contributed by atoms with E-state index in [2.05, 4.69) is 11.7 Å². The summed E-state index contributed by atoms with van der Waals surface area (Å²) >= 11 is 0. The van der Waals surface area contributed by atoms with Gasteiger partial charge in [-0.3, -0.25) is 0 Å². The molecule has 0 aliphatic rings. The molecule has 0 aromatic heterocycles. The molecule has 0 radical (unpaired) electrons. The maximum atomic E-state index is 12.7. The molecule has 0 aromatic rings. The van der Waals surface area contributed by atoms with Crippen LogP contribution in [0.1, 0.15) is 51.9 Å². The second kappa shape index (κ2) is 11.7. The fourth-order valence-electron chi connectivity index (χ4n) is 1.55. The van der Waals surface area contributed by atoms with E-state index in [1.807, 2.05) is 0 Å². The summed E-state index contributed by atoms with van der Waals surface area (Å²) in [5.41, 5.74) is 0. The molecule has 20 heavy (non-hydrogen) atoms. The van der Waals surface area contributed by atoms with Crippen molar-refractivity contribution in [3.05, 3.63) is 12.2 Å². The number of halogens is 4. The van der Waals surface area contributed by atoms with E-state index in [0.717, 1.165) is 25.3 Å². The largest absolute Gasteiger partial charge is 0.424 e. The Hall–Kier alpha value is -1.07. The molecule has 6 heteroatoms. The van der Waals surface area contributed by atoms with Gasteiger partial charge in [-0.1, -0.05) is 45.1 Å². The van der Waals surface area contributed by atoms with Crippen LogP contribution in [0.2, 0.25) is 0 Å². The third-order valence-electron chi connectivity index (χ3n) is 2.70. The first kappa shape index (κ1) is 18.9. The normalized spacial score (nSPS) is 14.7. The molecule has 2 atom stereocenters. The standard InChI is InChI=1S/C14H22F4O2/c1-2-3-4-5-6-7-8-9-10-11(19)20-14(18)12(15)13(16)17/h9-10,12-14H,2-8H2,1H3. The molecule has 0 bridgehead atoms. The Bertz CT molecular complexity index is 282. The second-order valence-electron chi connectivity index (χ2n) is 4.53. The Labute approximate surface area is 117 Å². The van der Waals surface area contributed by atoms with Crippen LogP contribution < -0.4 is 0 Å². The molecule has 0 saturated heterocycles. The molecule has 0 amide bonds. The fraction of sp³-hybridized carbons (Fsp3) is 0.786. The van der Waals surface area contributed by atoms with Gasteiger partial charge in [0.1, 0.15) is 0 Å². The summed E-state index contributed by atoms with van der Waals surface area (Å²) < 4.78 is 52.6. The van der Waals surface area contributed by atoms with E-state index < -0.39 is 24.9 Å². The highest BCUT2D eigenvalue weighted by molar-refractivity contribution is 5.81. The number of alkyl halides is 4. The van der Waals surface area contributed by atoms with Crippen molar-refractivity contribution in [3.8, 4) is 0 Å². The number of hydrogen-bond donors (Lipinski definition) is 0. The topological polar surface area (TPSA) is 26.3 Å². The fourth-order valence-corrected chi connectivity index (χ4v) is 1.55. The molecule has 0 rings (SSSR count). The first-order valence-electron chi connectivity index (χ1n) is 6.92. The van der Waals surface area contributed by atoms with Crippen LogP contribution in [0.5, 0.6) is 0 Å².